The maximum atomic E-state index is 12.1. The van der Waals surface area contributed by atoms with Crippen LogP contribution in [0.5, 0.6) is 5.75 Å². The van der Waals surface area contributed by atoms with Gasteiger partial charge in [0.05, 0.1) is 21.0 Å². The minimum atomic E-state index is -0.124. The van der Waals surface area contributed by atoms with Gasteiger partial charge in [-0.3, -0.25) is 4.79 Å². The van der Waals surface area contributed by atoms with Crippen LogP contribution in [-0.4, -0.2) is 12.5 Å². The summed E-state index contributed by atoms with van der Waals surface area (Å²) in [5, 5.41) is 2.89. The lowest BCUT2D eigenvalue weighted by molar-refractivity contribution is 0.103. The second-order valence-electron chi connectivity index (χ2n) is 4.76. The molecule has 1 aromatic carbocycles. The molecule has 0 aliphatic heterocycles. The third-order valence-electron chi connectivity index (χ3n) is 2.50. The maximum absolute atomic E-state index is 12.1. The van der Waals surface area contributed by atoms with E-state index in [4.69, 9.17) is 4.74 Å². The van der Waals surface area contributed by atoms with Crippen LogP contribution in [0.2, 0.25) is 0 Å². The predicted octanol–water partition coefficient (Wildman–Crippen LogP) is 4.80. The molecule has 2 aromatic rings. The first-order valence-corrected chi connectivity index (χ1v) is 7.95. The number of hydrogen-bond donors (Lipinski definition) is 1. The largest absolute Gasteiger partial charge is 0.491 e. The van der Waals surface area contributed by atoms with Crippen molar-refractivity contribution >= 4 is 38.9 Å². The van der Waals surface area contributed by atoms with Crippen LogP contribution < -0.4 is 10.1 Å². The second kappa shape index (κ2) is 6.90. The number of carbonyl (C=O) groups excluding carboxylic acids is 1. The highest BCUT2D eigenvalue weighted by Gasteiger charge is 2.11. The van der Waals surface area contributed by atoms with Crippen LogP contribution in [0.3, 0.4) is 0 Å². The van der Waals surface area contributed by atoms with Crippen molar-refractivity contribution in [2.45, 2.75) is 13.8 Å². The van der Waals surface area contributed by atoms with Crippen molar-refractivity contribution in [2.75, 3.05) is 11.9 Å². The molecule has 0 saturated carbocycles. The average Bonchev–Trinajstić information content (AvgIpc) is 2.84. The van der Waals surface area contributed by atoms with Crippen molar-refractivity contribution in [2.24, 2.45) is 5.92 Å². The molecule has 1 heterocycles. The fourth-order valence-electron chi connectivity index (χ4n) is 1.57. The van der Waals surface area contributed by atoms with Gasteiger partial charge in [0.25, 0.3) is 5.91 Å². The average molecular weight is 354 g/mol. The number of hydrogen-bond acceptors (Lipinski definition) is 3. The molecule has 106 valence electrons. The summed E-state index contributed by atoms with van der Waals surface area (Å²) >= 11 is 4.76. The van der Waals surface area contributed by atoms with E-state index >= 15 is 0 Å². The van der Waals surface area contributed by atoms with E-state index in [2.05, 4.69) is 35.1 Å². The van der Waals surface area contributed by atoms with Gasteiger partial charge in [-0.05, 0) is 46.1 Å². The van der Waals surface area contributed by atoms with E-state index in [0.29, 0.717) is 28.8 Å². The number of ether oxygens (including phenoxy) is 1. The van der Waals surface area contributed by atoms with E-state index in [1.807, 2.05) is 30.3 Å². The van der Waals surface area contributed by atoms with E-state index in [-0.39, 0.29) is 5.91 Å². The number of halogens is 1. The molecule has 0 fully saturated rings. The molecule has 0 spiro atoms. The Morgan fingerprint density at radius 1 is 1.30 bits per heavy atom. The van der Waals surface area contributed by atoms with Gasteiger partial charge in [-0.2, -0.15) is 0 Å². The Bertz CT molecular complexity index is 595. The van der Waals surface area contributed by atoms with Crippen LogP contribution in [0.25, 0.3) is 0 Å². The van der Waals surface area contributed by atoms with Crippen LogP contribution in [0.15, 0.2) is 40.2 Å². The number of nitrogens with one attached hydrogen (secondary N) is 1. The molecule has 0 saturated heterocycles. The Labute approximate surface area is 131 Å². The molecule has 3 nitrogen and oxygen atoms in total. The fourth-order valence-corrected chi connectivity index (χ4v) is 2.85. The zero-order chi connectivity index (χ0) is 14.5. The van der Waals surface area contributed by atoms with Crippen molar-refractivity contribution in [3.8, 4) is 5.75 Å². The maximum Gasteiger partial charge on any atom is 0.265 e. The Kier molecular flexibility index (Phi) is 5.20. The first-order valence-electron chi connectivity index (χ1n) is 6.35. The van der Waals surface area contributed by atoms with Crippen LogP contribution in [-0.2, 0) is 0 Å². The summed E-state index contributed by atoms with van der Waals surface area (Å²) < 4.78 is 6.66. The Morgan fingerprint density at radius 2 is 2.05 bits per heavy atom. The molecule has 2 rings (SSSR count). The summed E-state index contributed by atoms with van der Waals surface area (Å²) in [6.07, 6.45) is 0. The number of anilines is 1. The Hall–Kier alpha value is -1.33. The molecule has 1 amide bonds. The van der Waals surface area contributed by atoms with Gasteiger partial charge in [-0.25, -0.2) is 0 Å². The first kappa shape index (κ1) is 15.1. The summed E-state index contributed by atoms with van der Waals surface area (Å²) in [5.74, 6) is 1.01. The zero-order valence-corrected chi connectivity index (χ0v) is 13.8. The predicted molar refractivity (Wildman–Crippen MR) is 86.7 cm³/mol. The fraction of sp³-hybridized carbons (Fsp3) is 0.267. The summed E-state index contributed by atoms with van der Waals surface area (Å²) in [6.45, 7) is 4.80. The van der Waals surface area contributed by atoms with Crippen LogP contribution in [0.4, 0.5) is 5.69 Å². The van der Waals surface area contributed by atoms with Crippen LogP contribution >= 0.6 is 27.3 Å². The topological polar surface area (TPSA) is 38.3 Å². The highest BCUT2D eigenvalue weighted by atomic mass is 79.9. The quantitative estimate of drug-likeness (QED) is 0.838. The first-order chi connectivity index (χ1) is 9.56. The molecule has 0 atom stereocenters. The van der Waals surface area contributed by atoms with Gasteiger partial charge in [0.1, 0.15) is 5.75 Å². The SMILES string of the molecule is CC(C)COc1ccccc1NC(=O)c1ccc(Br)s1. The van der Waals surface area contributed by atoms with Gasteiger partial charge >= 0.3 is 0 Å². The minimum absolute atomic E-state index is 0.124. The Morgan fingerprint density at radius 3 is 2.70 bits per heavy atom. The second-order valence-corrected chi connectivity index (χ2v) is 7.22. The molecule has 1 aromatic heterocycles. The van der Waals surface area contributed by atoms with Crippen molar-refractivity contribution < 1.29 is 9.53 Å². The van der Waals surface area contributed by atoms with Crippen molar-refractivity contribution in [1.29, 1.82) is 0 Å². The normalized spacial score (nSPS) is 10.6. The number of carbonyl (C=O) groups is 1. The van der Waals surface area contributed by atoms with Crippen molar-refractivity contribution in [3.05, 3.63) is 45.1 Å². The van der Waals surface area contributed by atoms with E-state index in [1.54, 1.807) is 6.07 Å². The standard InChI is InChI=1S/C15H16BrNO2S/c1-10(2)9-19-12-6-4-3-5-11(12)17-15(18)13-7-8-14(16)20-13/h3-8,10H,9H2,1-2H3,(H,17,18). The molecule has 0 aliphatic carbocycles. The molecule has 0 radical (unpaired) electrons. The smallest absolute Gasteiger partial charge is 0.265 e. The van der Waals surface area contributed by atoms with Gasteiger partial charge in [0.15, 0.2) is 0 Å². The highest BCUT2D eigenvalue weighted by Crippen LogP contribution is 2.27. The summed E-state index contributed by atoms with van der Waals surface area (Å²) in [7, 11) is 0. The minimum Gasteiger partial charge on any atom is -0.491 e. The van der Waals surface area contributed by atoms with Crippen molar-refractivity contribution in [3.63, 3.8) is 0 Å². The zero-order valence-electron chi connectivity index (χ0n) is 11.4. The molecule has 0 unspecified atom stereocenters. The van der Waals surface area contributed by atoms with E-state index in [1.165, 1.54) is 11.3 Å². The Balaban J connectivity index is 2.10. The molecule has 0 aliphatic rings. The monoisotopic (exact) mass is 353 g/mol. The number of thiophene rings is 1. The van der Waals surface area contributed by atoms with Gasteiger partial charge < -0.3 is 10.1 Å². The molecular formula is C15H16BrNO2S. The molecule has 1 N–H and O–H groups in total. The lowest BCUT2D eigenvalue weighted by Crippen LogP contribution is -2.12. The van der Waals surface area contributed by atoms with E-state index in [9.17, 15) is 4.79 Å². The lowest BCUT2D eigenvalue weighted by Gasteiger charge is -2.13. The molecular weight excluding hydrogens is 338 g/mol. The number of para-hydroxylation sites is 2. The third kappa shape index (κ3) is 4.08. The summed E-state index contributed by atoms with van der Waals surface area (Å²) in [6, 6.07) is 11.1. The summed E-state index contributed by atoms with van der Waals surface area (Å²) in [5.41, 5.74) is 0.697. The molecule has 20 heavy (non-hydrogen) atoms. The number of amides is 1. The third-order valence-corrected chi connectivity index (χ3v) is 4.13. The lowest BCUT2D eigenvalue weighted by atomic mass is 10.2. The van der Waals surface area contributed by atoms with Gasteiger partial charge in [-0.15, -0.1) is 11.3 Å². The van der Waals surface area contributed by atoms with Crippen molar-refractivity contribution in [1.82, 2.24) is 0 Å². The van der Waals surface area contributed by atoms with Crippen LogP contribution in [0.1, 0.15) is 23.5 Å². The summed E-state index contributed by atoms with van der Waals surface area (Å²) in [4.78, 5) is 12.8. The highest BCUT2D eigenvalue weighted by molar-refractivity contribution is 9.11. The molecule has 0 bridgehead atoms. The van der Waals surface area contributed by atoms with E-state index < -0.39 is 0 Å². The molecule has 5 heteroatoms. The van der Waals surface area contributed by atoms with Crippen LogP contribution in [0, 0.1) is 5.92 Å². The number of rotatable bonds is 5. The van der Waals surface area contributed by atoms with E-state index in [0.717, 1.165) is 3.79 Å². The van der Waals surface area contributed by atoms with Gasteiger partial charge in [-0.1, -0.05) is 26.0 Å². The number of benzene rings is 1. The van der Waals surface area contributed by atoms with Gasteiger partial charge in [0.2, 0.25) is 0 Å². The van der Waals surface area contributed by atoms with Gasteiger partial charge in [0, 0.05) is 0 Å².